The number of unbranched alkanes of at least 4 members (excludes halogenated alkanes) is 8. The molecular weight excluding hydrogens is 332 g/mol. The fourth-order valence-electron chi connectivity index (χ4n) is 2.80. The first-order chi connectivity index (χ1) is 12.6. The third kappa shape index (κ3) is 17.9. The first-order valence-corrected chi connectivity index (χ1v) is 10.4. The van der Waals surface area contributed by atoms with Crippen molar-refractivity contribution in [2.45, 2.75) is 103 Å². The van der Waals surface area contributed by atoms with Gasteiger partial charge >= 0.3 is 5.97 Å². The van der Waals surface area contributed by atoms with Crippen LogP contribution in [-0.4, -0.2) is 46.7 Å². The summed E-state index contributed by atoms with van der Waals surface area (Å²) >= 11 is 0. The van der Waals surface area contributed by atoms with E-state index in [2.05, 4.69) is 19.1 Å². The second kappa shape index (κ2) is 18.9. The van der Waals surface area contributed by atoms with E-state index in [1.807, 2.05) is 0 Å². The molecule has 0 aromatic rings. The Morgan fingerprint density at radius 3 is 2.38 bits per heavy atom. The number of aliphatic hydroxyl groups excluding tert-OH is 2. The number of ether oxygens (including phenoxy) is 1. The molecule has 5 nitrogen and oxygen atoms in total. The minimum absolute atomic E-state index is 0.111. The van der Waals surface area contributed by atoms with Gasteiger partial charge in [-0.05, 0) is 32.1 Å². The summed E-state index contributed by atoms with van der Waals surface area (Å²) in [4.78, 5) is 10.4. The van der Waals surface area contributed by atoms with Gasteiger partial charge in [-0.1, -0.05) is 64.0 Å². The standard InChI is InChI=1S/C21H40O5/c1-2-3-4-11-14-20(26-18-19(23)17-22)15-12-9-7-5-6-8-10-13-16-21(24)25/h9,12,19-20,22-23H,2-8,10-11,13-18H2,1H3,(H,24,25)/b12-9+/t19?,20-/m1/s1. The molecule has 0 heterocycles. The van der Waals surface area contributed by atoms with Crippen molar-refractivity contribution in [3.8, 4) is 0 Å². The summed E-state index contributed by atoms with van der Waals surface area (Å²) in [6.07, 6.45) is 16.8. The minimum Gasteiger partial charge on any atom is -0.481 e. The molecule has 0 saturated carbocycles. The molecule has 154 valence electrons. The normalized spacial score (nSPS) is 14.0. The van der Waals surface area contributed by atoms with E-state index < -0.39 is 12.1 Å². The van der Waals surface area contributed by atoms with Crippen molar-refractivity contribution in [1.29, 1.82) is 0 Å². The summed E-state index contributed by atoms with van der Waals surface area (Å²) in [7, 11) is 0. The lowest BCUT2D eigenvalue weighted by atomic mass is 10.1. The van der Waals surface area contributed by atoms with E-state index in [1.54, 1.807) is 0 Å². The van der Waals surface area contributed by atoms with Crippen LogP contribution in [0.5, 0.6) is 0 Å². The number of aliphatic carboxylic acids is 1. The van der Waals surface area contributed by atoms with Crippen molar-refractivity contribution in [2.75, 3.05) is 13.2 Å². The number of rotatable bonds is 19. The Labute approximate surface area is 159 Å². The Morgan fingerprint density at radius 1 is 1.00 bits per heavy atom. The fraction of sp³-hybridized carbons (Fsp3) is 0.857. The maximum absolute atomic E-state index is 10.4. The first-order valence-electron chi connectivity index (χ1n) is 10.4. The maximum atomic E-state index is 10.4. The molecule has 2 atom stereocenters. The van der Waals surface area contributed by atoms with Crippen molar-refractivity contribution < 1.29 is 24.9 Å². The third-order valence-corrected chi connectivity index (χ3v) is 4.44. The van der Waals surface area contributed by atoms with Gasteiger partial charge in [0.25, 0.3) is 0 Å². The van der Waals surface area contributed by atoms with Gasteiger partial charge in [0.2, 0.25) is 0 Å². The van der Waals surface area contributed by atoms with Crippen LogP contribution in [0.15, 0.2) is 12.2 Å². The van der Waals surface area contributed by atoms with Crippen LogP contribution in [0.4, 0.5) is 0 Å². The van der Waals surface area contributed by atoms with Crippen molar-refractivity contribution >= 4 is 5.97 Å². The Bertz CT molecular complexity index is 343. The highest BCUT2D eigenvalue weighted by molar-refractivity contribution is 5.66. The van der Waals surface area contributed by atoms with Gasteiger partial charge in [0, 0.05) is 6.42 Å². The number of carboxylic acid groups (broad SMARTS) is 1. The molecule has 1 unspecified atom stereocenters. The fourth-order valence-corrected chi connectivity index (χ4v) is 2.80. The van der Waals surface area contributed by atoms with Gasteiger partial charge in [0.05, 0.1) is 19.3 Å². The summed E-state index contributed by atoms with van der Waals surface area (Å²) in [6, 6.07) is 0. The molecule has 26 heavy (non-hydrogen) atoms. The van der Waals surface area contributed by atoms with Gasteiger partial charge in [0.15, 0.2) is 0 Å². The monoisotopic (exact) mass is 372 g/mol. The molecule has 0 rings (SSSR count). The van der Waals surface area contributed by atoms with Crippen LogP contribution in [0.1, 0.15) is 90.4 Å². The quantitative estimate of drug-likeness (QED) is 0.230. The molecule has 0 aliphatic heterocycles. The van der Waals surface area contributed by atoms with E-state index in [0.717, 1.165) is 57.8 Å². The van der Waals surface area contributed by atoms with E-state index in [4.69, 9.17) is 14.9 Å². The molecule has 0 fully saturated rings. The zero-order valence-corrected chi connectivity index (χ0v) is 16.6. The largest absolute Gasteiger partial charge is 0.481 e. The molecular formula is C21H40O5. The molecule has 0 aromatic heterocycles. The average Bonchev–Trinajstić information content (AvgIpc) is 2.63. The van der Waals surface area contributed by atoms with E-state index in [9.17, 15) is 9.90 Å². The van der Waals surface area contributed by atoms with Crippen LogP contribution >= 0.6 is 0 Å². The number of allylic oxidation sites excluding steroid dienone is 1. The molecule has 0 aliphatic rings. The lowest BCUT2D eigenvalue weighted by molar-refractivity contribution is -0.137. The number of hydrogen-bond acceptors (Lipinski definition) is 4. The van der Waals surface area contributed by atoms with Crippen LogP contribution in [0, 0.1) is 0 Å². The zero-order valence-electron chi connectivity index (χ0n) is 16.6. The lowest BCUT2D eigenvalue weighted by Crippen LogP contribution is -2.24. The van der Waals surface area contributed by atoms with Crippen LogP contribution in [0.2, 0.25) is 0 Å². The SMILES string of the molecule is CCCCCC[C@H](C/C=C/CCCCCCCC(=O)O)OCC(O)CO. The highest BCUT2D eigenvalue weighted by atomic mass is 16.5. The Hall–Kier alpha value is -0.910. The van der Waals surface area contributed by atoms with E-state index >= 15 is 0 Å². The molecule has 3 N–H and O–H groups in total. The van der Waals surface area contributed by atoms with Crippen LogP contribution < -0.4 is 0 Å². The molecule has 0 spiro atoms. The number of aliphatic hydroxyl groups is 2. The van der Waals surface area contributed by atoms with Gasteiger partial charge in [-0.15, -0.1) is 0 Å². The topological polar surface area (TPSA) is 87.0 Å². The second-order valence-corrected chi connectivity index (χ2v) is 7.05. The van der Waals surface area contributed by atoms with Crippen LogP contribution in [0.25, 0.3) is 0 Å². The summed E-state index contributed by atoms with van der Waals surface area (Å²) < 4.78 is 5.76. The van der Waals surface area contributed by atoms with E-state index in [-0.39, 0.29) is 25.7 Å². The summed E-state index contributed by atoms with van der Waals surface area (Å²) in [5.41, 5.74) is 0. The summed E-state index contributed by atoms with van der Waals surface area (Å²) in [5.74, 6) is -0.703. The maximum Gasteiger partial charge on any atom is 0.303 e. The van der Waals surface area contributed by atoms with Crippen molar-refractivity contribution in [3.05, 3.63) is 12.2 Å². The van der Waals surface area contributed by atoms with Gasteiger partial charge < -0.3 is 20.1 Å². The second-order valence-electron chi connectivity index (χ2n) is 7.05. The molecule has 0 radical (unpaired) electrons. The molecule has 0 bridgehead atoms. The van der Waals surface area contributed by atoms with Crippen LogP contribution in [0.3, 0.4) is 0 Å². The molecule has 0 amide bonds. The number of hydrogen-bond donors (Lipinski definition) is 3. The highest BCUT2D eigenvalue weighted by Crippen LogP contribution is 2.13. The van der Waals surface area contributed by atoms with Crippen molar-refractivity contribution in [1.82, 2.24) is 0 Å². The highest BCUT2D eigenvalue weighted by Gasteiger charge is 2.10. The van der Waals surface area contributed by atoms with Gasteiger partial charge in [-0.2, -0.15) is 0 Å². The van der Waals surface area contributed by atoms with E-state index in [1.165, 1.54) is 19.3 Å². The van der Waals surface area contributed by atoms with E-state index in [0.29, 0.717) is 0 Å². The lowest BCUT2D eigenvalue weighted by Gasteiger charge is -2.18. The van der Waals surface area contributed by atoms with Crippen molar-refractivity contribution in [3.63, 3.8) is 0 Å². The van der Waals surface area contributed by atoms with Gasteiger partial charge in [-0.3, -0.25) is 4.79 Å². The predicted octanol–water partition coefficient (Wildman–Crippen LogP) is 4.46. The number of carboxylic acids is 1. The minimum atomic E-state index is -0.793. The molecule has 0 saturated heterocycles. The third-order valence-electron chi connectivity index (χ3n) is 4.44. The average molecular weight is 373 g/mol. The first kappa shape index (κ1) is 25.1. The molecule has 0 aliphatic carbocycles. The molecule has 5 heteroatoms. The smallest absolute Gasteiger partial charge is 0.303 e. The Morgan fingerprint density at radius 2 is 1.69 bits per heavy atom. The van der Waals surface area contributed by atoms with Gasteiger partial charge in [0.1, 0.15) is 6.10 Å². The predicted molar refractivity (Wildman–Crippen MR) is 105 cm³/mol. The summed E-state index contributed by atoms with van der Waals surface area (Å²) in [6.45, 7) is 2.13. The number of carbonyl (C=O) groups is 1. The molecule has 0 aromatic carbocycles. The van der Waals surface area contributed by atoms with Gasteiger partial charge in [-0.25, -0.2) is 0 Å². The zero-order chi connectivity index (χ0) is 19.5. The summed E-state index contributed by atoms with van der Waals surface area (Å²) in [5, 5.41) is 26.9. The Kier molecular flexibility index (Phi) is 18.2. The van der Waals surface area contributed by atoms with Crippen molar-refractivity contribution in [2.24, 2.45) is 0 Å². The Balaban J connectivity index is 3.82. The van der Waals surface area contributed by atoms with Crippen LogP contribution in [-0.2, 0) is 9.53 Å².